The van der Waals surface area contributed by atoms with Gasteiger partial charge in [-0.1, -0.05) is 37.5 Å². The zero-order valence-electron chi connectivity index (χ0n) is 12.7. The highest BCUT2D eigenvalue weighted by Gasteiger charge is 2.19. The maximum atomic E-state index is 12.1. The summed E-state index contributed by atoms with van der Waals surface area (Å²) < 4.78 is 5.63. The van der Waals surface area contributed by atoms with E-state index in [9.17, 15) is 4.79 Å². The van der Waals surface area contributed by atoms with Crippen molar-refractivity contribution in [2.24, 2.45) is 0 Å². The molecular formula is C17H25NO2S. The summed E-state index contributed by atoms with van der Waals surface area (Å²) in [6.07, 6.45) is 6.09. The molecule has 2 rings (SSSR count). The molecule has 1 aromatic rings. The van der Waals surface area contributed by atoms with Crippen molar-refractivity contribution < 1.29 is 9.53 Å². The Labute approximate surface area is 131 Å². The van der Waals surface area contributed by atoms with Crippen molar-refractivity contribution in [2.75, 3.05) is 12.4 Å². The van der Waals surface area contributed by atoms with Crippen LogP contribution in [0.2, 0.25) is 0 Å². The van der Waals surface area contributed by atoms with Crippen molar-refractivity contribution in [2.45, 2.75) is 50.3 Å². The normalized spacial score (nSPS) is 17.2. The van der Waals surface area contributed by atoms with E-state index in [0.717, 1.165) is 24.3 Å². The van der Waals surface area contributed by atoms with Gasteiger partial charge in [0, 0.05) is 11.8 Å². The van der Waals surface area contributed by atoms with E-state index in [0.29, 0.717) is 12.6 Å². The zero-order valence-corrected chi connectivity index (χ0v) is 13.5. The van der Waals surface area contributed by atoms with Crippen LogP contribution in [0.15, 0.2) is 30.3 Å². The van der Waals surface area contributed by atoms with Gasteiger partial charge < -0.3 is 10.1 Å². The summed E-state index contributed by atoms with van der Waals surface area (Å²) in [5.41, 5.74) is 0. The van der Waals surface area contributed by atoms with Crippen LogP contribution in [0, 0.1) is 0 Å². The monoisotopic (exact) mass is 307 g/mol. The molecule has 4 heteroatoms. The molecule has 0 radical (unpaired) electrons. The molecule has 1 atom stereocenters. The lowest BCUT2D eigenvalue weighted by molar-refractivity contribution is -0.121. The van der Waals surface area contributed by atoms with Crippen LogP contribution in [0.1, 0.15) is 39.0 Å². The van der Waals surface area contributed by atoms with Crippen LogP contribution < -0.4 is 10.1 Å². The Hall–Kier alpha value is -1.16. The third kappa shape index (κ3) is 6.00. The van der Waals surface area contributed by atoms with Crippen molar-refractivity contribution >= 4 is 17.7 Å². The van der Waals surface area contributed by atoms with Gasteiger partial charge in [-0.05, 0) is 31.9 Å². The fraction of sp³-hybridized carbons (Fsp3) is 0.588. The number of carbonyl (C=O) groups is 1. The minimum atomic E-state index is -0.00806. The second-order valence-corrected chi connectivity index (χ2v) is 6.97. The largest absolute Gasteiger partial charge is 0.493 e. The van der Waals surface area contributed by atoms with Gasteiger partial charge in [-0.15, -0.1) is 11.8 Å². The summed E-state index contributed by atoms with van der Waals surface area (Å²) in [5, 5.41) is 3.17. The van der Waals surface area contributed by atoms with Crippen molar-refractivity contribution in [3.05, 3.63) is 30.3 Å². The number of thioether (sulfide) groups is 1. The third-order valence-electron chi connectivity index (χ3n) is 3.78. The van der Waals surface area contributed by atoms with Gasteiger partial charge in [-0.3, -0.25) is 4.79 Å². The highest BCUT2D eigenvalue weighted by Crippen LogP contribution is 2.19. The standard InChI is InChI=1S/C17H25NO2S/c1-14(17(19)18-15-8-4-2-5-9-15)21-13-12-20-16-10-6-3-7-11-16/h3,6-7,10-11,14-15H,2,4-5,8-9,12-13H2,1H3,(H,18,19). The molecule has 116 valence electrons. The Bertz CT molecular complexity index is 418. The van der Waals surface area contributed by atoms with E-state index >= 15 is 0 Å². The molecule has 0 bridgehead atoms. The molecular weight excluding hydrogens is 282 g/mol. The lowest BCUT2D eigenvalue weighted by Crippen LogP contribution is -2.40. The minimum Gasteiger partial charge on any atom is -0.493 e. The quantitative estimate of drug-likeness (QED) is 0.782. The second kappa shape index (κ2) is 8.98. The maximum absolute atomic E-state index is 12.1. The van der Waals surface area contributed by atoms with Gasteiger partial charge in [0.05, 0.1) is 11.9 Å². The average molecular weight is 307 g/mol. The summed E-state index contributed by atoms with van der Waals surface area (Å²) in [6, 6.07) is 10.2. The van der Waals surface area contributed by atoms with E-state index in [-0.39, 0.29) is 11.2 Å². The van der Waals surface area contributed by atoms with Crippen molar-refractivity contribution in [3.8, 4) is 5.75 Å². The van der Waals surface area contributed by atoms with Crippen LogP contribution in [0.5, 0.6) is 5.75 Å². The Morgan fingerprint density at radius 1 is 1.29 bits per heavy atom. The van der Waals surface area contributed by atoms with Crippen molar-refractivity contribution in [1.29, 1.82) is 0 Å². The Balaban J connectivity index is 1.60. The summed E-state index contributed by atoms with van der Waals surface area (Å²) in [7, 11) is 0. The van der Waals surface area contributed by atoms with Crippen LogP contribution in [-0.2, 0) is 4.79 Å². The van der Waals surface area contributed by atoms with Crippen LogP contribution >= 0.6 is 11.8 Å². The first-order chi connectivity index (χ1) is 10.3. The molecule has 0 heterocycles. The number of amides is 1. The first-order valence-corrected chi connectivity index (χ1v) is 8.90. The number of hydrogen-bond donors (Lipinski definition) is 1. The summed E-state index contributed by atoms with van der Waals surface area (Å²) in [5.74, 6) is 1.89. The fourth-order valence-electron chi connectivity index (χ4n) is 2.54. The Morgan fingerprint density at radius 2 is 2.00 bits per heavy atom. The maximum Gasteiger partial charge on any atom is 0.233 e. The van der Waals surface area contributed by atoms with Crippen LogP contribution in [0.3, 0.4) is 0 Å². The average Bonchev–Trinajstić information content (AvgIpc) is 2.53. The van der Waals surface area contributed by atoms with Gasteiger partial charge in [-0.25, -0.2) is 0 Å². The van der Waals surface area contributed by atoms with Gasteiger partial charge in [-0.2, -0.15) is 0 Å². The molecule has 1 fully saturated rings. The molecule has 3 nitrogen and oxygen atoms in total. The van der Waals surface area contributed by atoms with E-state index in [2.05, 4.69) is 5.32 Å². The minimum absolute atomic E-state index is 0.00806. The van der Waals surface area contributed by atoms with Crippen LogP contribution in [-0.4, -0.2) is 29.6 Å². The van der Waals surface area contributed by atoms with Gasteiger partial charge in [0.15, 0.2) is 0 Å². The predicted octanol–water partition coefficient (Wildman–Crippen LogP) is 3.64. The Kier molecular flexibility index (Phi) is 6.93. The first-order valence-electron chi connectivity index (χ1n) is 7.85. The number of carbonyl (C=O) groups excluding carboxylic acids is 1. The number of rotatable bonds is 7. The molecule has 0 aromatic heterocycles. The van der Waals surface area contributed by atoms with E-state index in [1.807, 2.05) is 37.3 Å². The fourth-order valence-corrected chi connectivity index (χ4v) is 3.29. The summed E-state index contributed by atoms with van der Waals surface area (Å²) in [6.45, 7) is 2.61. The molecule has 1 aliphatic carbocycles. The number of para-hydroxylation sites is 1. The number of hydrogen-bond acceptors (Lipinski definition) is 3. The highest BCUT2D eigenvalue weighted by molar-refractivity contribution is 8.00. The van der Waals surface area contributed by atoms with Crippen LogP contribution in [0.25, 0.3) is 0 Å². The molecule has 0 spiro atoms. The molecule has 1 aromatic carbocycles. The molecule has 1 amide bonds. The molecule has 1 unspecified atom stereocenters. The van der Waals surface area contributed by atoms with Gasteiger partial charge >= 0.3 is 0 Å². The molecule has 1 saturated carbocycles. The second-order valence-electron chi connectivity index (χ2n) is 5.52. The highest BCUT2D eigenvalue weighted by atomic mass is 32.2. The van der Waals surface area contributed by atoms with E-state index in [4.69, 9.17) is 4.74 Å². The van der Waals surface area contributed by atoms with Crippen LogP contribution in [0.4, 0.5) is 0 Å². The van der Waals surface area contributed by atoms with E-state index < -0.39 is 0 Å². The third-order valence-corrected chi connectivity index (χ3v) is 4.90. The number of ether oxygens (including phenoxy) is 1. The van der Waals surface area contributed by atoms with E-state index in [1.165, 1.54) is 19.3 Å². The smallest absolute Gasteiger partial charge is 0.233 e. The van der Waals surface area contributed by atoms with Crippen molar-refractivity contribution in [3.63, 3.8) is 0 Å². The van der Waals surface area contributed by atoms with Crippen molar-refractivity contribution in [1.82, 2.24) is 5.32 Å². The lowest BCUT2D eigenvalue weighted by atomic mass is 9.95. The van der Waals surface area contributed by atoms with Gasteiger partial charge in [0.2, 0.25) is 5.91 Å². The first kappa shape index (κ1) is 16.2. The zero-order chi connectivity index (χ0) is 14.9. The SMILES string of the molecule is CC(SCCOc1ccccc1)C(=O)NC1CCCCC1. The summed E-state index contributed by atoms with van der Waals surface area (Å²) >= 11 is 1.66. The topological polar surface area (TPSA) is 38.3 Å². The number of nitrogens with one attached hydrogen (secondary N) is 1. The summed E-state index contributed by atoms with van der Waals surface area (Å²) in [4.78, 5) is 12.1. The van der Waals surface area contributed by atoms with Gasteiger partial charge in [0.25, 0.3) is 0 Å². The lowest BCUT2D eigenvalue weighted by Gasteiger charge is -2.24. The van der Waals surface area contributed by atoms with E-state index in [1.54, 1.807) is 11.8 Å². The Morgan fingerprint density at radius 3 is 2.71 bits per heavy atom. The molecule has 21 heavy (non-hydrogen) atoms. The molecule has 0 saturated heterocycles. The molecule has 1 aliphatic rings. The van der Waals surface area contributed by atoms with Gasteiger partial charge in [0.1, 0.15) is 5.75 Å². The number of benzene rings is 1. The molecule has 0 aliphatic heterocycles. The molecule has 1 N–H and O–H groups in total. The predicted molar refractivity (Wildman–Crippen MR) is 88.9 cm³/mol.